The highest BCUT2D eigenvalue weighted by Gasteiger charge is 2.61. The Balaban J connectivity index is 1.65. The molecule has 0 N–H and O–H groups in total. The van der Waals surface area contributed by atoms with Gasteiger partial charge in [-0.25, -0.2) is 0 Å². The zero-order valence-electron chi connectivity index (χ0n) is 12.7. The van der Waals surface area contributed by atoms with E-state index in [2.05, 4.69) is 6.92 Å². The lowest BCUT2D eigenvalue weighted by Gasteiger charge is -2.34. The van der Waals surface area contributed by atoms with Crippen LogP contribution < -0.4 is 0 Å². The fraction of sp³-hybridized carbons (Fsp3) is 0.562. The van der Waals surface area contributed by atoms with Gasteiger partial charge >= 0.3 is 5.97 Å². The van der Waals surface area contributed by atoms with Crippen LogP contribution in [0.3, 0.4) is 0 Å². The molecule has 2 unspecified atom stereocenters. The standard InChI is InChI=1S/C16H21BO4/c1-10-13-14(17)21-16(10,9-20-13)11(2)15(18)19-8-12-6-4-3-5-7-12/h3-7,10-11,13-14H,8-9,17H2,1-2H3/t10?,11?,13-,14+,16+/m0/s1. The predicted molar refractivity (Wildman–Crippen MR) is 80.5 cm³/mol. The molecule has 5 atom stereocenters. The lowest BCUT2D eigenvalue weighted by Crippen LogP contribution is -2.47. The second-order valence-electron chi connectivity index (χ2n) is 6.16. The maximum absolute atomic E-state index is 12.4. The molecule has 2 heterocycles. The summed E-state index contributed by atoms with van der Waals surface area (Å²) in [6.07, 6.45) is 0.0920. The normalized spacial score (nSPS) is 35.6. The van der Waals surface area contributed by atoms with E-state index in [1.165, 1.54) is 0 Å². The van der Waals surface area contributed by atoms with Gasteiger partial charge in [-0.1, -0.05) is 37.3 Å². The van der Waals surface area contributed by atoms with Gasteiger partial charge in [0.15, 0.2) is 0 Å². The van der Waals surface area contributed by atoms with Crippen LogP contribution in [0.4, 0.5) is 0 Å². The third-order valence-corrected chi connectivity index (χ3v) is 4.94. The Morgan fingerprint density at radius 1 is 1.48 bits per heavy atom. The molecule has 3 rings (SSSR count). The Labute approximate surface area is 126 Å². The molecule has 21 heavy (non-hydrogen) atoms. The maximum Gasteiger partial charge on any atom is 0.312 e. The number of carbonyl (C=O) groups is 1. The molecule has 5 heteroatoms. The van der Waals surface area contributed by atoms with Crippen molar-refractivity contribution in [3.63, 3.8) is 0 Å². The van der Waals surface area contributed by atoms with Gasteiger partial charge in [0.2, 0.25) is 0 Å². The zero-order chi connectivity index (χ0) is 15.0. The Bertz CT molecular complexity index is 520. The second-order valence-corrected chi connectivity index (χ2v) is 6.16. The largest absolute Gasteiger partial charge is 0.461 e. The fourth-order valence-corrected chi connectivity index (χ4v) is 3.55. The fourth-order valence-electron chi connectivity index (χ4n) is 3.55. The first-order chi connectivity index (χ1) is 10.0. The van der Waals surface area contributed by atoms with E-state index in [-0.39, 0.29) is 29.9 Å². The Kier molecular flexibility index (Phi) is 3.80. The minimum atomic E-state index is -0.530. The van der Waals surface area contributed by atoms with Gasteiger partial charge in [0.05, 0.1) is 24.6 Å². The second kappa shape index (κ2) is 5.46. The van der Waals surface area contributed by atoms with Crippen LogP contribution in [0.25, 0.3) is 0 Å². The van der Waals surface area contributed by atoms with Crippen LogP contribution in [-0.4, -0.2) is 38.1 Å². The summed E-state index contributed by atoms with van der Waals surface area (Å²) in [6.45, 7) is 4.76. The number of ether oxygens (including phenoxy) is 3. The Hall–Kier alpha value is -1.33. The van der Waals surface area contributed by atoms with Gasteiger partial charge in [-0.05, 0) is 12.5 Å². The number of esters is 1. The highest BCUT2D eigenvalue weighted by Crippen LogP contribution is 2.48. The highest BCUT2D eigenvalue weighted by atomic mass is 16.6. The molecule has 1 aromatic carbocycles. The van der Waals surface area contributed by atoms with Gasteiger partial charge in [0.25, 0.3) is 0 Å². The molecule has 112 valence electrons. The predicted octanol–water partition coefficient (Wildman–Crippen LogP) is 1.13. The van der Waals surface area contributed by atoms with Crippen LogP contribution >= 0.6 is 0 Å². The summed E-state index contributed by atoms with van der Waals surface area (Å²) >= 11 is 0. The van der Waals surface area contributed by atoms with Gasteiger partial charge in [-0.2, -0.15) is 0 Å². The van der Waals surface area contributed by atoms with E-state index >= 15 is 0 Å². The van der Waals surface area contributed by atoms with Crippen LogP contribution in [-0.2, 0) is 25.6 Å². The molecule has 2 saturated heterocycles. The first-order valence-corrected chi connectivity index (χ1v) is 7.54. The van der Waals surface area contributed by atoms with Crippen LogP contribution in [0, 0.1) is 11.8 Å². The molecule has 2 fully saturated rings. The number of benzene rings is 1. The summed E-state index contributed by atoms with van der Waals surface area (Å²) in [7, 11) is 2.00. The van der Waals surface area contributed by atoms with Crippen molar-refractivity contribution in [3.8, 4) is 0 Å². The number of fused-ring (bicyclic) bond motifs is 2. The van der Waals surface area contributed by atoms with Crippen molar-refractivity contribution in [2.24, 2.45) is 11.8 Å². The molecule has 2 aliphatic rings. The van der Waals surface area contributed by atoms with Gasteiger partial charge in [-0.15, -0.1) is 0 Å². The quantitative estimate of drug-likeness (QED) is 0.615. The van der Waals surface area contributed by atoms with Crippen LogP contribution in [0.5, 0.6) is 0 Å². The molecule has 0 spiro atoms. The molecule has 0 aliphatic carbocycles. The molecule has 1 aromatic rings. The first kappa shape index (κ1) is 14.6. The van der Waals surface area contributed by atoms with Crippen LogP contribution in [0.15, 0.2) is 30.3 Å². The molecule has 0 amide bonds. The number of hydrogen-bond donors (Lipinski definition) is 0. The summed E-state index contributed by atoms with van der Waals surface area (Å²) in [5.74, 6) is -0.331. The van der Waals surface area contributed by atoms with Crippen molar-refractivity contribution in [2.45, 2.75) is 38.2 Å². The van der Waals surface area contributed by atoms with E-state index in [0.717, 1.165) is 5.56 Å². The van der Waals surface area contributed by atoms with Gasteiger partial charge in [-0.3, -0.25) is 4.79 Å². The minimum Gasteiger partial charge on any atom is -0.461 e. The summed E-state index contributed by atoms with van der Waals surface area (Å²) in [5, 5.41) is 0. The third-order valence-electron chi connectivity index (χ3n) is 4.94. The summed E-state index contributed by atoms with van der Waals surface area (Å²) < 4.78 is 17.3. The summed E-state index contributed by atoms with van der Waals surface area (Å²) in [5.41, 5.74) is 0.461. The number of rotatable bonds is 4. The average Bonchev–Trinajstić information content (AvgIpc) is 2.95. The van der Waals surface area contributed by atoms with Gasteiger partial charge in [0.1, 0.15) is 20.1 Å². The van der Waals surface area contributed by atoms with E-state index in [4.69, 9.17) is 14.2 Å². The summed E-state index contributed by atoms with van der Waals surface area (Å²) in [4.78, 5) is 12.4. The van der Waals surface area contributed by atoms with E-state index in [1.54, 1.807) is 0 Å². The maximum atomic E-state index is 12.4. The van der Waals surface area contributed by atoms with Gasteiger partial charge < -0.3 is 14.2 Å². The smallest absolute Gasteiger partial charge is 0.312 e. The Morgan fingerprint density at radius 2 is 2.19 bits per heavy atom. The molecular formula is C16H21BO4. The van der Waals surface area contributed by atoms with Gasteiger partial charge in [0, 0.05) is 5.92 Å². The molecule has 4 nitrogen and oxygen atoms in total. The average molecular weight is 288 g/mol. The van der Waals surface area contributed by atoms with E-state index < -0.39 is 5.60 Å². The first-order valence-electron chi connectivity index (χ1n) is 7.54. The highest BCUT2D eigenvalue weighted by molar-refractivity contribution is 6.11. The molecule has 0 aromatic heterocycles. The van der Waals surface area contributed by atoms with Crippen molar-refractivity contribution >= 4 is 13.8 Å². The van der Waals surface area contributed by atoms with Crippen molar-refractivity contribution in [2.75, 3.05) is 6.61 Å². The molecule has 0 radical (unpaired) electrons. The van der Waals surface area contributed by atoms with Crippen molar-refractivity contribution in [1.82, 2.24) is 0 Å². The van der Waals surface area contributed by atoms with Crippen molar-refractivity contribution in [3.05, 3.63) is 35.9 Å². The Morgan fingerprint density at radius 3 is 2.76 bits per heavy atom. The van der Waals surface area contributed by atoms with Crippen LogP contribution in [0.1, 0.15) is 19.4 Å². The molecular weight excluding hydrogens is 267 g/mol. The lowest BCUT2D eigenvalue weighted by molar-refractivity contribution is -0.174. The third kappa shape index (κ3) is 2.38. The number of carbonyl (C=O) groups excluding carboxylic acids is 1. The molecule has 0 saturated carbocycles. The zero-order valence-corrected chi connectivity index (χ0v) is 12.7. The summed E-state index contributed by atoms with van der Waals surface area (Å²) in [6, 6.07) is 9.75. The lowest BCUT2D eigenvalue weighted by atomic mass is 9.79. The van der Waals surface area contributed by atoms with E-state index in [0.29, 0.717) is 13.2 Å². The van der Waals surface area contributed by atoms with Crippen molar-refractivity contribution < 1.29 is 19.0 Å². The van der Waals surface area contributed by atoms with E-state index in [9.17, 15) is 4.79 Å². The van der Waals surface area contributed by atoms with Crippen LogP contribution in [0.2, 0.25) is 0 Å². The monoisotopic (exact) mass is 288 g/mol. The molecule has 2 aliphatic heterocycles. The number of hydrogen-bond acceptors (Lipinski definition) is 4. The SMILES string of the molecule is B[C@@H]1O[C@]2(C(C)C(=O)OCc3ccccc3)CO[C@H]1C2C. The molecule has 2 bridgehead atoms. The minimum absolute atomic E-state index is 0.0399. The topological polar surface area (TPSA) is 44.8 Å². The van der Waals surface area contributed by atoms with E-state index in [1.807, 2.05) is 45.1 Å². The van der Waals surface area contributed by atoms with Crippen molar-refractivity contribution in [1.29, 1.82) is 0 Å².